The van der Waals surface area contributed by atoms with Gasteiger partial charge in [-0.25, -0.2) is 0 Å². The number of nitrogens with zero attached hydrogens (tertiary/aromatic N) is 1. The van der Waals surface area contributed by atoms with E-state index in [4.69, 9.17) is 11.1 Å². The van der Waals surface area contributed by atoms with Gasteiger partial charge >= 0.3 is 0 Å². The lowest BCUT2D eigenvalue weighted by Crippen LogP contribution is -2.42. The summed E-state index contributed by atoms with van der Waals surface area (Å²) in [6.07, 6.45) is 6.12. The molecule has 1 fully saturated rings. The van der Waals surface area contributed by atoms with Crippen LogP contribution in [-0.4, -0.2) is 29.9 Å². The highest BCUT2D eigenvalue weighted by atomic mass is 15.2. The van der Waals surface area contributed by atoms with Gasteiger partial charge in [-0.15, -0.1) is 0 Å². The lowest BCUT2D eigenvalue weighted by Gasteiger charge is -2.37. The number of hydrogen-bond acceptors (Lipinski definition) is 2. The van der Waals surface area contributed by atoms with Crippen molar-refractivity contribution in [3.63, 3.8) is 0 Å². The second-order valence-electron chi connectivity index (χ2n) is 6.09. The first-order valence-corrected chi connectivity index (χ1v) is 7.06. The smallest absolute Gasteiger partial charge is 0.0918 e. The fourth-order valence-electron chi connectivity index (χ4n) is 2.89. The van der Waals surface area contributed by atoms with Gasteiger partial charge in [0.15, 0.2) is 0 Å². The number of nitrogens with two attached hydrogens (primary N) is 1. The lowest BCUT2D eigenvalue weighted by atomic mass is 9.86. The topological polar surface area (TPSA) is 53.1 Å². The van der Waals surface area contributed by atoms with Crippen LogP contribution in [0.15, 0.2) is 0 Å². The average molecular weight is 239 g/mol. The standard InChI is InChI=1S/C14H29N3/c1-11(2)10-17(8-7-14(15)16)13-6-4-5-12(3)9-13/h11-13H,4-10H2,1-3H3,(H3,15,16). The number of amidine groups is 1. The first kappa shape index (κ1) is 14.5. The summed E-state index contributed by atoms with van der Waals surface area (Å²) in [5.74, 6) is 1.88. The van der Waals surface area contributed by atoms with Crippen molar-refractivity contribution < 1.29 is 0 Å². The average Bonchev–Trinajstić information content (AvgIpc) is 2.23. The van der Waals surface area contributed by atoms with E-state index in [2.05, 4.69) is 25.7 Å². The fourth-order valence-corrected chi connectivity index (χ4v) is 2.89. The molecule has 0 aromatic carbocycles. The van der Waals surface area contributed by atoms with Gasteiger partial charge in [0.2, 0.25) is 0 Å². The molecule has 0 spiro atoms. The zero-order chi connectivity index (χ0) is 12.8. The van der Waals surface area contributed by atoms with E-state index >= 15 is 0 Å². The molecule has 3 nitrogen and oxygen atoms in total. The predicted molar refractivity (Wildman–Crippen MR) is 74.4 cm³/mol. The molecule has 0 saturated heterocycles. The van der Waals surface area contributed by atoms with Gasteiger partial charge in [-0.1, -0.05) is 33.6 Å². The van der Waals surface area contributed by atoms with Gasteiger partial charge in [-0.3, -0.25) is 10.3 Å². The van der Waals surface area contributed by atoms with Gasteiger partial charge in [0, 0.05) is 25.6 Å². The maximum Gasteiger partial charge on any atom is 0.0918 e. The Morgan fingerprint density at radius 2 is 2.12 bits per heavy atom. The van der Waals surface area contributed by atoms with Crippen molar-refractivity contribution in [2.75, 3.05) is 13.1 Å². The Balaban J connectivity index is 2.51. The van der Waals surface area contributed by atoms with Crippen LogP contribution in [0.1, 0.15) is 52.9 Å². The summed E-state index contributed by atoms with van der Waals surface area (Å²) in [6.45, 7) is 9.01. The first-order chi connectivity index (χ1) is 7.99. The zero-order valence-electron chi connectivity index (χ0n) is 11.7. The Morgan fingerprint density at radius 3 is 2.65 bits per heavy atom. The van der Waals surface area contributed by atoms with Crippen molar-refractivity contribution in [3.05, 3.63) is 0 Å². The number of hydrogen-bond donors (Lipinski definition) is 2. The van der Waals surface area contributed by atoms with Crippen molar-refractivity contribution in [1.29, 1.82) is 5.41 Å². The minimum atomic E-state index is 0.322. The maximum absolute atomic E-state index is 7.37. The van der Waals surface area contributed by atoms with Crippen LogP contribution in [-0.2, 0) is 0 Å². The third-order valence-corrected chi connectivity index (χ3v) is 3.69. The summed E-state index contributed by atoms with van der Waals surface area (Å²) < 4.78 is 0. The van der Waals surface area contributed by atoms with Gasteiger partial charge in [0.05, 0.1) is 5.84 Å². The maximum atomic E-state index is 7.37. The van der Waals surface area contributed by atoms with Crippen LogP contribution in [0, 0.1) is 17.2 Å². The van der Waals surface area contributed by atoms with Gasteiger partial charge in [0.25, 0.3) is 0 Å². The molecular formula is C14H29N3. The summed E-state index contributed by atoms with van der Waals surface area (Å²) in [7, 11) is 0. The second-order valence-corrected chi connectivity index (χ2v) is 6.09. The highest BCUT2D eigenvalue weighted by Crippen LogP contribution is 2.27. The van der Waals surface area contributed by atoms with Crippen LogP contribution in [0.5, 0.6) is 0 Å². The van der Waals surface area contributed by atoms with E-state index in [1.807, 2.05) is 0 Å². The van der Waals surface area contributed by atoms with Crippen LogP contribution >= 0.6 is 0 Å². The first-order valence-electron chi connectivity index (χ1n) is 7.06. The molecule has 0 radical (unpaired) electrons. The number of nitrogens with one attached hydrogen (secondary N) is 1. The molecule has 1 aliphatic rings. The zero-order valence-corrected chi connectivity index (χ0v) is 11.7. The van der Waals surface area contributed by atoms with E-state index in [0.29, 0.717) is 11.8 Å². The summed E-state index contributed by atoms with van der Waals surface area (Å²) in [6, 6.07) is 0.723. The van der Waals surface area contributed by atoms with E-state index in [1.165, 1.54) is 25.7 Å². The summed E-state index contributed by atoms with van der Waals surface area (Å²) in [5.41, 5.74) is 5.49. The van der Waals surface area contributed by atoms with Gasteiger partial charge in [0.1, 0.15) is 0 Å². The van der Waals surface area contributed by atoms with Crippen molar-refractivity contribution in [3.8, 4) is 0 Å². The van der Waals surface area contributed by atoms with Crippen LogP contribution in [0.25, 0.3) is 0 Å². The Labute approximate surface area is 106 Å². The Hall–Kier alpha value is -0.570. The molecule has 3 heteroatoms. The Kier molecular flexibility index (Phi) is 5.96. The van der Waals surface area contributed by atoms with Crippen LogP contribution < -0.4 is 5.73 Å². The molecule has 1 rings (SSSR count). The van der Waals surface area contributed by atoms with Gasteiger partial charge in [-0.05, 0) is 24.7 Å². The SMILES string of the molecule is CC(C)CN(CCC(=N)N)C1CCCC(C)C1. The minimum Gasteiger partial charge on any atom is -0.388 e. The fraction of sp³-hybridized carbons (Fsp3) is 0.929. The molecule has 2 unspecified atom stereocenters. The molecule has 2 atom stereocenters. The lowest BCUT2D eigenvalue weighted by molar-refractivity contribution is 0.124. The van der Waals surface area contributed by atoms with E-state index < -0.39 is 0 Å². The monoisotopic (exact) mass is 239 g/mol. The highest BCUT2D eigenvalue weighted by molar-refractivity contribution is 5.76. The molecule has 100 valence electrons. The normalized spacial score (nSPS) is 25.5. The van der Waals surface area contributed by atoms with E-state index in [9.17, 15) is 0 Å². The summed E-state index contributed by atoms with van der Waals surface area (Å²) in [4.78, 5) is 2.57. The van der Waals surface area contributed by atoms with E-state index in [-0.39, 0.29) is 0 Å². The Morgan fingerprint density at radius 1 is 1.41 bits per heavy atom. The summed E-state index contributed by atoms with van der Waals surface area (Å²) >= 11 is 0. The molecule has 0 aromatic rings. The van der Waals surface area contributed by atoms with E-state index in [0.717, 1.165) is 31.5 Å². The molecule has 3 N–H and O–H groups in total. The quantitative estimate of drug-likeness (QED) is 0.553. The molecular weight excluding hydrogens is 210 g/mol. The van der Waals surface area contributed by atoms with Crippen molar-refractivity contribution in [2.45, 2.75) is 58.9 Å². The highest BCUT2D eigenvalue weighted by Gasteiger charge is 2.24. The molecule has 0 aliphatic heterocycles. The third-order valence-electron chi connectivity index (χ3n) is 3.69. The molecule has 0 heterocycles. The molecule has 0 aromatic heterocycles. The minimum absolute atomic E-state index is 0.322. The van der Waals surface area contributed by atoms with Gasteiger partial charge in [-0.2, -0.15) is 0 Å². The van der Waals surface area contributed by atoms with Crippen molar-refractivity contribution in [1.82, 2.24) is 4.90 Å². The molecule has 1 saturated carbocycles. The largest absolute Gasteiger partial charge is 0.388 e. The van der Waals surface area contributed by atoms with Crippen LogP contribution in [0.2, 0.25) is 0 Å². The predicted octanol–water partition coefficient (Wildman–Crippen LogP) is 2.85. The molecule has 0 bridgehead atoms. The molecule has 0 amide bonds. The van der Waals surface area contributed by atoms with Crippen LogP contribution in [0.4, 0.5) is 0 Å². The van der Waals surface area contributed by atoms with Crippen LogP contribution in [0.3, 0.4) is 0 Å². The van der Waals surface area contributed by atoms with E-state index in [1.54, 1.807) is 0 Å². The summed E-state index contributed by atoms with van der Waals surface area (Å²) in [5, 5.41) is 7.37. The van der Waals surface area contributed by atoms with Gasteiger partial charge < -0.3 is 5.73 Å². The molecule has 17 heavy (non-hydrogen) atoms. The third kappa shape index (κ3) is 5.53. The Bertz CT molecular complexity index is 238. The van der Waals surface area contributed by atoms with Crippen molar-refractivity contribution in [2.24, 2.45) is 17.6 Å². The molecule has 1 aliphatic carbocycles. The van der Waals surface area contributed by atoms with Crippen molar-refractivity contribution >= 4 is 5.84 Å². The second kappa shape index (κ2) is 7.00. The number of rotatable bonds is 6.